The van der Waals surface area contributed by atoms with Crippen molar-refractivity contribution in [2.45, 2.75) is 18.2 Å². The van der Waals surface area contributed by atoms with Gasteiger partial charge in [-0.1, -0.05) is 12.1 Å². The van der Waals surface area contributed by atoms with Crippen molar-refractivity contribution < 1.29 is 8.42 Å². The van der Waals surface area contributed by atoms with Crippen LogP contribution in [-0.2, 0) is 16.4 Å². The van der Waals surface area contributed by atoms with Gasteiger partial charge in [-0.05, 0) is 42.7 Å². The molecule has 0 unspecified atom stereocenters. The van der Waals surface area contributed by atoms with Crippen molar-refractivity contribution >= 4 is 21.5 Å². The minimum absolute atomic E-state index is 0.114. The van der Waals surface area contributed by atoms with Crippen LogP contribution >= 0.6 is 0 Å². The van der Waals surface area contributed by atoms with Gasteiger partial charge in [0, 0.05) is 12.7 Å². The first-order chi connectivity index (χ1) is 9.86. The van der Waals surface area contributed by atoms with Crippen molar-refractivity contribution in [3.05, 3.63) is 47.7 Å². The lowest BCUT2D eigenvalue weighted by Gasteiger charge is -2.09. The number of nitrogens with one attached hydrogen (secondary N) is 1. The van der Waals surface area contributed by atoms with Gasteiger partial charge < -0.3 is 11.1 Å². The summed E-state index contributed by atoms with van der Waals surface area (Å²) < 4.78 is 22.3. The third-order valence-corrected chi connectivity index (χ3v) is 3.94. The Morgan fingerprint density at radius 2 is 1.90 bits per heavy atom. The number of sulfonamides is 1. The SMILES string of the molecule is Cc1cnc(NCCc2ccc(S(N)(=O)=O)cc2)c(N)c1. The predicted octanol–water partition coefficient (Wildman–Crippen LogP) is 1.27. The molecule has 1 heterocycles. The van der Waals surface area contributed by atoms with E-state index in [0.717, 1.165) is 17.5 Å². The number of anilines is 2. The summed E-state index contributed by atoms with van der Waals surface area (Å²) >= 11 is 0. The van der Waals surface area contributed by atoms with Crippen LogP contribution in [0.3, 0.4) is 0 Å². The number of pyridine rings is 1. The number of rotatable bonds is 5. The number of nitrogens with two attached hydrogens (primary N) is 2. The Morgan fingerprint density at radius 1 is 1.24 bits per heavy atom. The molecule has 0 saturated heterocycles. The zero-order valence-electron chi connectivity index (χ0n) is 11.7. The summed E-state index contributed by atoms with van der Waals surface area (Å²) in [5, 5.41) is 8.20. The first-order valence-corrected chi connectivity index (χ1v) is 7.98. The Labute approximate surface area is 124 Å². The highest BCUT2D eigenvalue weighted by molar-refractivity contribution is 7.89. The molecule has 0 amide bonds. The quantitative estimate of drug-likeness (QED) is 0.770. The number of aromatic nitrogens is 1. The van der Waals surface area contributed by atoms with E-state index in [4.69, 9.17) is 10.9 Å². The molecule has 0 aliphatic carbocycles. The van der Waals surface area contributed by atoms with Crippen LogP contribution in [0.5, 0.6) is 0 Å². The summed E-state index contributed by atoms with van der Waals surface area (Å²) in [5.74, 6) is 0.654. The van der Waals surface area contributed by atoms with Gasteiger partial charge in [0.1, 0.15) is 5.82 Å². The number of hydrogen-bond donors (Lipinski definition) is 3. The van der Waals surface area contributed by atoms with Crippen LogP contribution in [0, 0.1) is 6.92 Å². The number of nitrogen functional groups attached to an aromatic ring is 1. The lowest BCUT2D eigenvalue weighted by atomic mass is 10.1. The Kier molecular flexibility index (Phi) is 4.44. The number of nitrogens with zero attached hydrogens (tertiary/aromatic N) is 1. The molecule has 5 N–H and O–H groups in total. The molecule has 0 spiro atoms. The van der Waals surface area contributed by atoms with Crippen LogP contribution in [0.25, 0.3) is 0 Å². The van der Waals surface area contributed by atoms with Gasteiger partial charge in [0.05, 0.1) is 10.6 Å². The molecule has 112 valence electrons. The Balaban J connectivity index is 1.94. The minimum Gasteiger partial charge on any atom is -0.396 e. The third kappa shape index (κ3) is 4.17. The van der Waals surface area contributed by atoms with E-state index in [9.17, 15) is 8.42 Å². The van der Waals surface area contributed by atoms with Crippen LogP contribution in [0.2, 0.25) is 0 Å². The molecule has 0 bridgehead atoms. The van der Waals surface area contributed by atoms with E-state index < -0.39 is 10.0 Å². The second-order valence-electron chi connectivity index (χ2n) is 4.82. The summed E-state index contributed by atoms with van der Waals surface area (Å²) in [4.78, 5) is 4.34. The van der Waals surface area contributed by atoms with Gasteiger partial charge in [-0.3, -0.25) is 0 Å². The van der Waals surface area contributed by atoms with Crippen LogP contribution in [0.1, 0.15) is 11.1 Å². The van der Waals surface area contributed by atoms with Gasteiger partial charge in [0.25, 0.3) is 0 Å². The molecule has 6 nitrogen and oxygen atoms in total. The lowest BCUT2D eigenvalue weighted by Crippen LogP contribution is -2.12. The number of hydrogen-bond acceptors (Lipinski definition) is 5. The van der Waals surface area contributed by atoms with Crippen LogP contribution < -0.4 is 16.2 Å². The van der Waals surface area contributed by atoms with Gasteiger partial charge in [-0.25, -0.2) is 18.5 Å². The highest BCUT2D eigenvalue weighted by Crippen LogP contribution is 2.16. The molecule has 2 aromatic rings. The molecule has 0 saturated carbocycles. The number of benzene rings is 1. The summed E-state index contributed by atoms with van der Waals surface area (Å²) in [7, 11) is -3.63. The molecular formula is C14H18N4O2S. The normalized spacial score (nSPS) is 11.3. The molecule has 0 radical (unpaired) electrons. The Bertz CT molecular complexity index is 727. The van der Waals surface area contributed by atoms with E-state index in [1.165, 1.54) is 12.1 Å². The fourth-order valence-electron chi connectivity index (χ4n) is 1.91. The topological polar surface area (TPSA) is 111 Å². The monoisotopic (exact) mass is 306 g/mol. The first-order valence-electron chi connectivity index (χ1n) is 6.44. The largest absolute Gasteiger partial charge is 0.396 e. The minimum atomic E-state index is -3.63. The summed E-state index contributed by atoms with van der Waals surface area (Å²) in [6, 6.07) is 8.35. The molecule has 0 aliphatic heterocycles. The zero-order chi connectivity index (χ0) is 15.5. The molecule has 1 aromatic carbocycles. The van der Waals surface area contributed by atoms with Crippen molar-refractivity contribution in [3.63, 3.8) is 0 Å². The second-order valence-corrected chi connectivity index (χ2v) is 6.38. The van der Waals surface area contributed by atoms with Crippen LogP contribution in [-0.4, -0.2) is 19.9 Å². The Morgan fingerprint density at radius 3 is 2.48 bits per heavy atom. The molecule has 1 aromatic heterocycles. The number of primary sulfonamides is 1. The summed E-state index contributed by atoms with van der Waals surface area (Å²) in [6.07, 6.45) is 2.47. The molecule has 0 atom stereocenters. The average molecular weight is 306 g/mol. The van der Waals surface area contributed by atoms with Crippen molar-refractivity contribution in [2.24, 2.45) is 5.14 Å². The van der Waals surface area contributed by atoms with Crippen molar-refractivity contribution in [1.82, 2.24) is 4.98 Å². The van der Waals surface area contributed by atoms with Crippen molar-refractivity contribution in [3.8, 4) is 0 Å². The van der Waals surface area contributed by atoms with E-state index in [1.807, 2.05) is 13.0 Å². The summed E-state index contributed by atoms with van der Waals surface area (Å²) in [5.41, 5.74) is 8.49. The maximum Gasteiger partial charge on any atom is 0.238 e. The maximum atomic E-state index is 11.2. The fourth-order valence-corrected chi connectivity index (χ4v) is 2.43. The second kappa shape index (κ2) is 6.11. The average Bonchev–Trinajstić information content (AvgIpc) is 2.41. The first kappa shape index (κ1) is 15.3. The molecular weight excluding hydrogens is 288 g/mol. The smallest absolute Gasteiger partial charge is 0.238 e. The number of aryl methyl sites for hydroxylation is 1. The fraction of sp³-hybridized carbons (Fsp3) is 0.214. The summed E-state index contributed by atoms with van der Waals surface area (Å²) in [6.45, 7) is 2.58. The van der Waals surface area contributed by atoms with E-state index >= 15 is 0 Å². The van der Waals surface area contributed by atoms with Gasteiger partial charge in [-0.2, -0.15) is 0 Å². The van der Waals surface area contributed by atoms with Crippen molar-refractivity contribution in [1.29, 1.82) is 0 Å². The molecule has 7 heteroatoms. The van der Waals surface area contributed by atoms with Crippen molar-refractivity contribution in [2.75, 3.05) is 17.6 Å². The van der Waals surface area contributed by atoms with E-state index in [-0.39, 0.29) is 4.90 Å². The zero-order valence-corrected chi connectivity index (χ0v) is 12.5. The maximum absolute atomic E-state index is 11.2. The van der Waals surface area contributed by atoms with E-state index in [0.29, 0.717) is 18.1 Å². The van der Waals surface area contributed by atoms with E-state index in [2.05, 4.69) is 10.3 Å². The van der Waals surface area contributed by atoms with Crippen LogP contribution in [0.4, 0.5) is 11.5 Å². The van der Waals surface area contributed by atoms with E-state index in [1.54, 1.807) is 18.3 Å². The van der Waals surface area contributed by atoms with Crippen LogP contribution in [0.15, 0.2) is 41.4 Å². The standard InChI is InChI=1S/C14H18N4O2S/c1-10-8-13(15)14(18-9-10)17-7-6-11-2-4-12(5-3-11)21(16,19)20/h2-5,8-9H,6-7,15H2,1H3,(H,17,18)(H2,16,19,20). The third-order valence-electron chi connectivity index (χ3n) is 3.01. The lowest BCUT2D eigenvalue weighted by molar-refractivity contribution is 0.598. The van der Waals surface area contributed by atoms with Gasteiger partial charge in [0.15, 0.2) is 0 Å². The van der Waals surface area contributed by atoms with Gasteiger partial charge in [-0.15, -0.1) is 0 Å². The molecule has 0 fully saturated rings. The molecule has 21 heavy (non-hydrogen) atoms. The Hall–Kier alpha value is -2.12. The molecule has 0 aliphatic rings. The predicted molar refractivity (Wildman–Crippen MR) is 83.4 cm³/mol. The molecule has 2 rings (SSSR count). The van der Waals surface area contributed by atoms with Gasteiger partial charge in [0.2, 0.25) is 10.0 Å². The van der Waals surface area contributed by atoms with Gasteiger partial charge >= 0.3 is 0 Å². The highest BCUT2D eigenvalue weighted by atomic mass is 32.2. The highest BCUT2D eigenvalue weighted by Gasteiger charge is 2.06.